The van der Waals surface area contributed by atoms with E-state index in [-0.39, 0.29) is 17.7 Å². The molecule has 8 nitrogen and oxygen atoms in total. The summed E-state index contributed by atoms with van der Waals surface area (Å²) in [5, 5.41) is 6.47. The zero-order valence-corrected chi connectivity index (χ0v) is 12.4. The van der Waals surface area contributed by atoms with E-state index >= 15 is 0 Å². The van der Waals surface area contributed by atoms with Crippen LogP contribution >= 0.6 is 0 Å². The fourth-order valence-electron chi connectivity index (χ4n) is 2.53. The van der Waals surface area contributed by atoms with Crippen LogP contribution < -0.4 is 10.5 Å². The van der Waals surface area contributed by atoms with E-state index in [0.29, 0.717) is 37.4 Å². The van der Waals surface area contributed by atoms with Gasteiger partial charge in [0.1, 0.15) is 23.2 Å². The highest BCUT2D eigenvalue weighted by molar-refractivity contribution is 5.92. The Morgan fingerprint density at radius 1 is 1.26 bits per heavy atom. The van der Waals surface area contributed by atoms with Crippen molar-refractivity contribution in [2.75, 3.05) is 13.1 Å². The molecule has 3 heterocycles. The van der Waals surface area contributed by atoms with Crippen molar-refractivity contribution in [3.63, 3.8) is 0 Å². The van der Waals surface area contributed by atoms with Gasteiger partial charge in [-0.25, -0.2) is 0 Å². The summed E-state index contributed by atoms with van der Waals surface area (Å²) in [4.78, 5) is 29.0. The maximum atomic E-state index is 12.2. The molecule has 2 aromatic heterocycles. The lowest BCUT2D eigenvalue weighted by Gasteiger charge is -2.31. The van der Waals surface area contributed by atoms with Crippen LogP contribution in [0.5, 0.6) is 5.75 Å². The minimum Gasteiger partial charge on any atom is -0.490 e. The lowest BCUT2D eigenvalue weighted by molar-refractivity contribution is 0.0589. The fourth-order valence-corrected chi connectivity index (χ4v) is 2.53. The second-order valence-corrected chi connectivity index (χ2v) is 5.32. The maximum absolute atomic E-state index is 12.2. The van der Waals surface area contributed by atoms with Crippen molar-refractivity contribution in [3.8, 4) is 5.75 Å². The number of hydrogen-bond donors (Lipinski definition) is 2. The number of amides is 2. The van der Waals surface area contributed by atoms with E-state index in [1.54, 1.807) is 23.2 Å². The maximum Gasteiger partial charge on any atom is 0.271 e. The summed E-state index contributed by atoms with van der Waals surface area (Å²) in [7, 11) is 0. The van der Waals surface area contributed by atoms with Gasteiger partial charge in [0.2, 0.25) is 0 Å². The van der Waals surface area contributed by atoms with Gasteiger partial charge in [0, 0.05) is 44.4 Å². The van der Waals surface area contributed by atoms with Crippen LogP contribution in [0.3, 0.4) is 0 Å². The number of nitrogens with one attached hydrogen (secondary N) is 1. The van der Waals surface area contributed by atoms with E-state index in [1.807, 2.05) is 0 Å². The number of pyridine rings is 1. The van der Waals surface area contributed by atoms with Crippen molar-refractivity contribution >= 4 is 11.8 Å². The van der Waals surface area contributed by atoms with Crippen molar-refractivity contribution in [2.45, 2.75) is 18.9 Å². The molecule has 0 atom stereocenters. The van der Waals surface area contributed by atoms with Crippen LogP contribution in [0.25, 0.3) is 0 Å². The summed E-state index contributed by atoms with van der Waals surface area (Å²) in [6, 6.07) is 4.88. The van der Waals surface area contributed by atoms with Crippen molar-refractivity contribution in [3.05, 3.63) is 42.0 Å². The molecule has 23 heavy (non-hydrogen) atoms. The van der Waals surface area contributed by atoms with Crippen LogP contribution in [0.15, 0.2) is 30.6 Å². The molecule has 8 heteroatoms. The number of hydrogen-bond acceptors (Lipinski definition) is 5. The summed E-state index contributed by atoms with van der Waals surface area (Å²) in [6.45, 7) is 1.21. The molecular weight excluding hydrogens is 298 g/mol. The van der Waals surface area contributed by atoms with E-state index in [1.165, 1.54) is 12.3 Å². The highest BCUT2D eigenvalue weighted by Crippen LogP contribution is 2.20. The second kappa shape index (κ2) is 6.47. The van der Waals surface area contributed by atoms with E-state index in [2.05, 4.69) is 15.2 Å². The highest BCUT2D eigenvalue weighted by atomic mass is 16.5. The normalized spacial score (nSPS) is 15.4. The van der Waals surface area contributed by atoms with Crippen LogP contribution in [0.4, 0.5) is 0 Å². The number of aromatic nitrogens is 3. The number of rotatable bonds is 4. The first-order valence-corrected chi connectivity index (χ1v) is 7.34. The molecular formula is C15H17N5O3. The molecule has 3 rings (SSSR count). The largest absolute Gasteiger partial charge is 0.490 e. The molecule has 0 spiro atoms. The first kappa shape index (κ1) is 15.0. The van der Waals surface area contributed by atoms with Gasteiger partial charge in [-0.15, -0.1) is 0 Å². The third-order valence-electron chi connectivity index (χ3n) is 3.75. The van der Waals surface area contributed by atoms with Gasteiger partial charge in [0.05, 0.1) is 0 Å². The smallest absolute Gasteiger partial charge is 0.271 e. The lowest BCUT2D eigenvalue weighted by atomic mass is 10.1. The molecule has 0 radical (unpaired) electrons. The molecule has 1 aliphatic heterocycles. The Labute approximate surface area is 132 Å². The number of primary amides is 1. The van der Waals surface area contributed by atoms with Crippen molar-refractivity contribution in [2.24, 2.45) is 5.73 Å². The van der Waals surface area contributed by atoms with E-state index in [0.717, 1.165) is 0 Å². The molecule has 2 aromatic rings. The molecule has 0 aliphatic carbocycles. The van der Waals surface area contributed by atoms with E-state index in [4.69, 9.17) is 10.5 Å². The molecule has 0 bridgehead atoms. The Morgan fingerprint density at radius 3 is 2.70 bits per heavy atom. The summed E-state index contributed by atoms with van der Waals surface area (Å²) < 4.78 is 5.86. The number of nitrogens with zero attached hydrogens (tertiary/aromatic N) is 3. The molecule has 1 fully saturated rings. The second-order valence-electron chi connectivity index (χ2n) is 5.32. The summed E-state index contributed by atoms with van der Waals surface area (Å²) in [5.74, 6) is -0.0801. The van der Waals surface area contributed by atoms with Crippen LogP contribution in [0, 0.1) is 0 Å². The molecule has 120 valence electrons. The first-order chi connectivity index (χ1) is 11.1. The predicted molar refractivity (Wildman–Crippen MR) is 80.9 cm³/mol. The van der Waals surface area contributed by atoms with Gasteiger partial charge in [0.15, 0.2) is 0 Å². The molecule has 0 saturated carbocycles. The van der Waals surface area contributed by atoms with Gasteiger partial charge in [-0.2, -0.15) is 5.10 Å². The van der Waals surface area contributed by atoms with Crippen LogP contribution in [0.1, 0.15) is 33.8 Å². The average Bonchev–Trinajstić information content (AvgIpc) is 3.09. The number of nitrogens with two attached hydrogens (primary N) is 1. The molecule has 3 N–H and O–H groups in total. The molecule has 2 amide bonds. The van der Waals surface area contributed by atoms with Gasteiger partial charge < -0.3 is 15.4 Å². The number of carbonyl (C=O) groups is 2. The van der Waals surface area contributed by atoms with Crippen LogP contribution in [0.2, 0.25) is 0 Å². The van der Waals surface area contributed by atoms with Gasteiger partial charge in [0.25, 0.3) is 11.8 Å². The minimum absolute atomic E-state index is 0.0102. The fraction of sp³-hybridized carbons (Fsp3) is 0.333. The Kier molecular flexibility index (Phi) is 4.22. The summed E-state index contributed by atoms with van der Waals surface area (Å²) >= 11 is 0. The third kappa shape index (κ3) is 3.47. The third-order valence-corrected chi connectivity index (χ3v) is 3.75. The minimum atomic E-state index is -0.588. The Morgan fingerprint density at radius 2 is 2.04 bits per heavy atom. The van der Waals surface area contributed by atoms with E-state index < -0.39 is 5.91 Å². The van der Waals surface area contributed by atoms with E-state index in [9.17, 15) is 9.59 Å². The Hall–Kier alpha value is -2.90. The zero-order chi connectivity index (χ0) is 16.2. The molecule has 1 aliphatic rings. The van der Waals surface area contributed by atoms with Crippen molar-refractivity contribution in [1.82, 2.24) is 20.1 Å². The number of ether oxygens (including phenoxy) is 1. The summed E-state index contributed by atoms with van der Waals surface area (Å²) in [5.41, 5.74) is 5.87. The molecule has 0 unspecified atom stereocenters. The van der Waals surface area contributed by atoms with Crippen LogP contribution in [-0.4, -0.2) is 51.1 Å². The Bertz CT molecular complexity index is 693. The highest BCUT2D eigenvalue weighted by Gasteiger charge is 2.25. The number of H-pyrrole nitrogens is 1. The quantitative estimate of drug-likeness (QED) is 0.857. The molecule has 1 saturated heterocycles. The first-order valence-electron chi connectivity index (χ1n) is 7.34. The zero-order valence-electron chi connectivity index (χ0n) is 12.4. The number of carbonyl (C=O) groups excluding carboxylic acids is 2. The monoisotopic (exact) mass is 315 g/mol. The Balaban J connectivity index is 1.56. The standard InChI is InChI=1S/C15H17N5O3/c16-14(21)13-9-11(1-5-17-13)23-10-3-7-20(8-4-10)15(22)12-2-6-18-19-12/h1-2,5-6,9-10H,3-4,7-8H2,(H2,16,21)(H,18,19). The predicted octanol–water partition coefficient (Wildman–Crippen LogP) is 0.587. The summed E-state index contributed by atoms with van der Waals surface area (Å²) in [6.07, 6.45) is 4.47. The van der Waals surface area contributed by atoms with Gasteiger partial charge in [-0.3, -0.25) is 19.7 Å². The van der Waals surface area contributed by atoms with Gasteiger partial charge in [-0.1, -0.05) is 0 Å². The van der Waals surface area contributed by atoms with Gasteiger partial charge >= 0.3 is 0 Å². The number of likely N-dealkylation sites (tertiary alicyclic amines) is 1. The lowest BCUT2D eigenvalue weighted by Crippen LogP contribution is -2.42. The van der Waals surface area contributed by atoms with Gasteiger partial charge in [-0.05, 0) is 12.1 Å². The van der Waals surface area contributed by atoms with Crippen molar-refractivity contribution < 1.29 is 14.3 Å². The van der Waals surface area contributed by atoms with Crippen LogP contribution in [-0.2, 0) is 0 Å². The number of piperidine rings is 1. The molecule has 0 aromatic carbocycles. The topological polar surface area (TPSA) is 114 Å². The van der Waals surface area contributed by atoms with Crippen molar-refractivity contribution in [1.29, 1.82) is 0 Å². The number of aromatic amines is 1. The SMILES string of the molecule is NC(=O)c1cc(OC2CCN(C(=O)c3ccn[nH]3)CC2)ccn1. The average molecular weight is 315 g/mol.